The smallest absolute Gasteiger partial charge is 0.0570 e. The van der Waals surface area contributed by atoms with Gasteiger partial charge in [-0.1, -0.05) is 6.07 Å². The van der Waals surface area contributed by atoms with Crippen LogP contribution in [-0.2, 0) is 13.1 Å². The van der Waals surface area contributed by atoms with E-state index >= 15 is 0 Å². The van der Waals surface area contributed by atoms with Crippen LogP contribution in [0.5, 0.6) is 0 Å². The molecule has 1 aromatic carbocycles. The Morgan fingerprint density at radius 2 is 2.00 bits per heavy atom. The summed E-state index contributed by atoms with van der Waals surface area (Å²) in [6, 6.07) is 10.5. The summed E-state index contributed by atoms with van der Waals surface area (Å²) in [5.41, 5.74) is 5.01. The number of pyridine rings is 1. The van der Waals surface area contributed by atoms with Gasteiger partial charge in [0.05, 0.1) is 11.9 Å². The van der Waals surface area contributed by atoms with E-state index in [0.717, 1.165) is 24.5 Å². The van der Waals surface area contributed by atoms with Gasteiger partial charge in [-0.2, -0.15) is 0 Å². The summed E-state index contributed by atoms with van der Waals surface area (Å²) in [7, 11) is 2.15. The molecule has 0 bridgehead atoms. The van der Waals surface area contributed by atoms with Crippen LogP contribution in [0.2, 0.25) is 0 Å². The molecule has 1 aromatic heterocycles. The zero-order valence-electron chi connectivity index (χ0n) is 9.85. The number of fused-ring (bicyclic) bond motifs is 1. The highest BCUT2D eigenvalue weighted by Gasteiger charge is 2.15. The largest absolute Gasteiger partial charge is 0.354 e. The van der Waals surface area contributed by atoms with Crippen LogP contribution in [0.15, 0.2) is 42.7 Å². The highest BCUT2D eigenvalue weighted by Crippen LogP contribution is 2.25. The van der Waals surface area contributed by atoms with E-state index in [1.807, 2.05) is 18.3 Å². The quantitative estimate of drug-likeness (QED) is 0.851. The summed E-state index contributed by atoms with van der Waals surface area (Å²) in [5, 5.41) is 3.37. The van der Waals surface area contributed by atoms with Gasteiger partial charge in [-0.3, -0.25) is 9.88 Å². The molecule has 3 heteroatoms. The van der Waals surface area contributed by atoms with Gasteiger partial charge in [0.15, 0.2) is 0 Å². The number of rotatable bonds is 2. The van der Waals surface area contributed by atoms with Crippen molar-refractivity contribution in [3.8, 4) is 0 Å². The van der Waals surface area contributed by atoms with Crippen LogP contribution in [-0.4, -0.2) is 16.9 Å². The molecule has 17 heavy (non-hydrogen) atoms. The summed E-state index contributed by atoms with van der Waals surface area (Å²) in [5.74, 6) is 0. The van der Waals surface area contributed by atoms with E-state index in [2.05, 4.69) is 40.4 Å². The maximum Gasteiger partial charge on any atom is 0.0570 e. The Hall–Kier alpha value is -1.87. The van der Waals surface area contributed by atoms with Crippen molar-refractivity contribution in [2.75, 3.05) is 12.4 Å². The fourth-order valence-electron chi connectivity index (χ4n) is 2.25. The third-order valence-electron chi connectivity index (χ3n) is 3.04. The predicted octanol–water partition coefficient (Wildman–Crippen LogP) is 2.77. The number of hydrogen-bond acceptors (Lipinski definition) is 3. The maximum atomic E-state index is 4.09. The number of anilines is 2. The van der Waals surface area contributed by atoms with E-state index in [-0.39, 0.29) is 0 Å². The van der Waals surface area contributed by atoms with Crippen molar-refractivity contribution in [3.63, 3.8) is 0 Å². The average Bonchev–Trinajstić information content (AvgIpc) is 2.70. The second kappa shape index (κ2) is 4.18. The minimum Gasteiger partial charge on any atom is -0.354 e. The third-order valence-corrected chi connectivity index (χ3v) is 3.04. The Bertz CT molecular complexity index is 522. The lowest BCUT2D eigenvalue weighted by Crippen LogP contribution is -2.07. The summed E-state index contributed by atoms with van der Waals surface area (Å²) in [6.07, 6.45) is 3.61. The van der Waals surface area contributed by atoms with Crippen molar-refractivity contribution in [3.05, 3.63) is 53.9 Å². The lowest BCUT2D eigenvalue weighted by Gasteiger charge is -2.07. The second-order valence-corrected chi connectivity index (χ2v) is 4.52. The highest BCUT2D eigenvalue weighted by atomic mass is 15.1. The lowest BCUT2D eigenvalue weighted by molar-refractivity contribution is 0.353. The molecule has 0 saturated carbocycles. The molecule has 0 fully saturated rings. The standard InChI is InChI=1S/C14H15N3/c1-17-9-11-4-5-13(7-12(11)10-17)16-14-3-2-6-15-8-14/h2-8,16H,9-10H2,1H3. The monoisotopic (exact) mass is 225 g/mol. The van der Waals surface area contributed by atoms with Crippen LogP contribution < -0.4 is 5.32 Å². The van der Waals surface area contributed by atoms with E-state index in [1.165, 1.54) is 11.1 Å². The van der Waals surface area contributed by atoms with Gasteiger partial charge in [0.25, 0.3) is 0 Å². The third kappa shape index (κ3) is 2.15. The van der Waals surface area contributed by atoms with E-state index in [9.17, 15) is 0 Å². The van der Waals surface area contributed by atoms with Gasteiger partial charge in [-0.25, -0.2) is 0 Å². The molecule has 0 radical (unpaired) electrons. The molecule has 2 heterocycles. The van der Waals surface area contributed by atoms with E-state index in [1.54, 1.807) is 6.20 Å². The fraction of sp³-hybridized carbons (Fsp3) is 0.214. The van der Waals surface area contributed by atoms with Crippen LogP contribution in [0.1, 0.15) is 11.1 Å². The molecule has 2 aromatic rings. The molecule has 0 aliphatic carbocycles. The molecule has 1 aliphatic rings. The zero-order valence-corrected chi connectivity index (χ0v) is 9.85. The Labute approximate surface area is 101 Å². The zero-order chi connectivity index (χ0) is 11.7. The molecule has 1 N–H and O–H groups in total. The molecule has 0 atom stereocenters. The van der Waals surface area contributed by atoms with Gasteiger partial charge < -0.3 is 5.32 Å². The van der Waals surface area contributed by atoms with Crippen LogP contribution >= 0.6 is 0 Å². The van der Waals surface area contributed by atoms with Crippen LogP contribution in [0, 0.1) is 0 Å². The van der Waals surface area contributed by atoms with E-state index < -0.39 is 0 Å². The van der Waals surface area contributed by atoms with Crippen molar-refractivity contribution in [1.82, 2.24) is 9.88 Å². The van der Waals surface area contributed by atoms with Gasteiger partial charge in [-0.05, 0) is 42.4 Å². The summed E-state index contributed by atoms with van der Waals surface area (Å²) >= 11 is 0. The van der Waals surface area contributed by atoms with Crippen molar-refractivity contribution >= 4 is 11.4 Å². The van der Waals surface area contributed by atoms with Crippen LogP contribution in [0.4, 0.5) is 11.4 Å². The predicted molar refractivity (Wildman–Crippen MR) is 69.1 cm³/mol. The molecular formula is C14H15N3. The number of nitrogens with one attached hydrogen (secondary N) is 1. The van der Waals surface area contributed by atoms with Crippen LogP contribution in [0.25, 0.3) is 0 Å². The summed E-state index contributed by atoms with van der Waals surface area (Å²) in [6.45, 7) is 2.10. The van der Waals surface area contributed by atoms with Crippen molar-refractivity contribution < 1.29 is 0 Å². The average molecular weight is 225 g/mol. The van der Waals surface area contributed by atoms with Gasteiger partial charge in [0, 0.05) is 25.0 Å². The minimum absolute atomic E-state index is 1.03. The molecule has 0 spiro atoms. The number of nitrogens with zero attached hydrogens (tertiary/aromatic N) is 2. The number of benzene rings is 1. The Balaban J connectivity index is 1.84. The summed E-state index contributed by atoms with van der Waals surface area (Å²) in [4.78, 5) is 6.41. The van der Waals surface area contributed by atoms with E-state index in [0.29, 0.717) is 0 Å². The Morgan fingerprint density at radius 3 is 2.82 bits per heavy atom. The first-order valence-electron chi connectivity index (χ1n) is 5.79. The van der Waals surface area contributed by atoms with Crippen molar-refractivity contribution in [1.29, 1.82) is 0 Å². The topological polar surface area (TPSA) is 28.2 Å². The first-order valence-corrected chi connectivity index (χ1v) is 5.79. The van der Waals surface area contributed by atoms with E-state index in [4.69, 9.17) is 0 Å². The molecule has 0 amide bonds. The lowest BCUT2D eigenvalue weighted by atomic mass is 10.1. The SMILES string of the molecule is CN1Cc2ccc(Nc3cccnc3)cc2C1. The second-order valence-electron chi connectivity index (χ2n) is 4.52. The summed E-state index contributed by atoms with van der Waals surface area (Å²) < 4.78 is 0. The molecular weight excluding hydrogens is 210 g/mol. The Kier molecular flexibility index (Phi) is 2.53. The first kappa shape index (κ1) is 10.3. The molecule has 3 nitrogen and oxygen atoms in total. The fourth-order valence-corrected chi connectivity index (χ4v) is 2.25. The highest BCUT2D eigenvalue weighted by molar-refractivity contribution is 5.60. The normalized spacial score (nSPS) is 14.6. The van der Waals surface area contributed by atoms with Gasteiger partial charge in [0.2, 0.25) is 0 Å². The first-order chi connectivity index (χ1) is 8.31. The number of hydrogen-bond donors (Lipinski definition) is 1. The van der Waals surface area contributed by atoms with Gasteiger partial charge >= 0.3 is 0 Å². The number of aromatic nitrogens is 1. The molecule has 0 saturated heterocycles. The van der Waals surface area contributed by atoms with Crippen molar-refractivity contribution in [2.24, 2.45) is 0 Å². The molecule has 86 valence electrons. The van der Waals surface area contributed by atoms with Crippen molar-refractivity contribution in [2.45, 2.75) is 13.1 Å². The van der Waals surface area contributed by atoms with Gasteiger partial charge in [-0.15, -0.1) is 0 Å². The van der Waals surface area contributed by atoms with Crippen LogP contribution in [0.3, 0.4) is 0 Å². The molecule has 1 aliphatic heterocycles. The maximum absolute atomic E-state index is 4.09. The molecule has 0 unspecified atom stereocenters. The molecule has 3 rings (SSSR count). The Morgan fingerprint density at radius 1 is 1.12 bits per heavy atom. The van der Waals surface area contributed by atoms with Gasteiger partial charge in [0.1, 0.15) is 0 Å². The minimum atomic E-state index is 1.03.